The van der Waals surface area contributed by atoms with E-state index in [0.29, 0.717) is 12.8 Å². The van der Waals surface area contributed by atoms with Crippen molar-refractivity contribution in [2.24, 2.45) is 0 Å². The molecule has 1 aliphatic carbocycles. The van der Waals surface area contributed by atoms with Crippen LogP contribution in [0.4, 0.5) is 5.82 Å². The van der Waals surface area contributed by atoms with Crippen LogP contribution in [-0.4, -0.2) is 23.6 Å². The summed E-state index contributed by atoms with van der Waals surface area (Å²) in [6.07, 6.45) is 1.36. The summed E-state index contributed by atoms with van der Waals surface area (Å²) in [5.41, 5.74) is 0. The van der Waals surface area contributed by atoms with Crippen molar-refractivity contribution in [3.05, 3.63) is 16.5 Å². The third-order valence-corrected chi connectivity index (χ3v) is 4.08. The lowest BCUT2D eigenvalue weighted by molar-refractivity contribution is 0.600. The van der Waals surface area contributed by atoms with Crippen LogP contribution in [0.5, 0.6) is 0 Å². The molecule has 1 fully saturated rings. The molecule has 0 aromatic carbocycles. The molecule has 0 unspecified atom stereocenters. The summed E-state index contributed by atoms with van der Waals surface area (Å²) >= 11 is 11.1. The van der Waals surface area contributed by atoms with Gasteiger partial charge < -0.3 is 0 Å². The van der Waals surface area contributed by atoms with Crippen LogP contribution in [0.15, 0.2) is 6.07 Å². The smallest absolute Gasteiger partial charge is 0.236 e. The summed E-state index contributed by atoms with van der Waals surface area (Å²) in [5.74, 6) is 0.104. The van der Waals surface area contributed by atoms with Crippen LogP contribution in [0, 0.1) is 0 Å². The zero-order valence-electron chi connectivity index (χ0n) is 7.44. The zero-order valence-corrected chi connectivity index (χ0v) is 9.77. The SMILES string of the molecule is O=S(=O)(Nc1cc(Cl)nc(Cl)n1)C1CC1. The van der Waals surface area contributed by atoms with E-state index in [1.54, 1.807) is 0 Å². The minimum atomic E-state index is -3.33. The Kier molecular flexibility index (Phi) is 2.74. The first-order valence-electron chi connectivity index (χ1n) is 4.19. The molecular formula is C7H7Cl2N3O2S. The molecule has 0 spiro atoms. The molecule has 15 heavy (non-hydrogen) atoms. The van der Waals surface area contributed by atoms with Gasteiger partial charge in [-0.3, -0.25) is 4.72 Å². The van der Waals surface area contributed by atoms with Crippen molar-refractivity contribution in [2.75, 3.05) is 4.72 Å². The van der Waals surface area contributed by atoms with Crippen LogP contribution in [0.3, 0.4) is 0 Å². The van der Waals surface area contributed by atoms with Crippen LogP contribution in [0.2, 0.25) is 10.4 Å². The van der Waals surface area contributed by atoms with E-state index in [1.807, 2.05) is 0 Å². The van der Waals surface area contributed by atoms with E-state index in [4.69, 9.17) is 23.2 Å². The molecule has 0 radical (unpaired) electrons. The Bertz CT molecular complexity index is 467. The molecule has 0 bridgehead atoms. The normalized spacial score (nSPS) is 16.4. The van der Waals surface area contributed by atoms with Crippen molar-refractivity contribution in [1.82, 2.24) is 9.97 Å². The summed E-state index contributed by atoms with van der Waals surface area (Å²) in [7, 11) is -3.33. The fraction of sp³-hybridized carbons (Fsp3) is 0.429. The minimum Gasteiger partial charge on any atom is -0.267 e. The Labute approximate surface area is 96.9 Å². The van der Waals surface area contributed by atoms with Crippen LogP contribution >= 0.6 is 23.2 Å². The third-order valence-electron chi connectivity index (χ3n) is 1.88. The average Bonchev–Trinajstić information content (AvgIpc) is 2.80. The number of rotatable bonds is 3. The second-order valence-electron chi connectivity index (χ2n) is 3.19. The van der Waals surface area contributed by atoms with Gasteiger partial charge in [-0.05, 0) is 24.4 Å². The molecule has 5 nitrogen and oxygen atoms in total. The molecule has 0 amide bonds. The summed E-state index contributed by atoms with van der Waals surface area (Å²) in [6, 6.07) is 1.31. The van der Waals surface area contributed by atoms with E-state index >= 15 is 0 Å². The van der Waals surface area contributed by atoms with Gasteiger partial charge in [0.15, 0.2) is 0 Å². The molecule has 1 N–H and O–H groups in total. The molecule has 8 heteroatoms. The highest BCUT2D eigenvalue weighted by molar-refractivity contribution is 7.93. The molecule has 0 saturated heterocycles. The third kappa shape index (κ3) is 2.70. The van der Waals surface area contributed by atoms with Crippen molar-refractivity contribution >= 4 is 39.0 Å². The van der Waals surface area contributed by atoms with Gasteiger partial charge in [0, 0.05) is 6.07 Å². The fourth-order valence-electron chi connectivity index (χ4n) is 1.05. The Balaban J connectivity index is 2.23. The van der Waals surface area contributed by atoms with Gasteiger partial charge in [0.2, 0.25) is 15.3 Å². The molecule has 1 aliphatic rings. The quantitative estimate of drug-likeness (QED) is 0.668. The Morgan fingerprint density at radius 1 is 1.33 bits per heavy atom. The Morgan fingerprint density at radius 2 is 2.00 bits per heavy atom. The summed E-state index contributed by atoms with van der Waals surface area (Å²) in [4.78, 5) is 7.32. The Morgan fingerprint density at radius 3 is 2.53 bits per heavy atom. The largest absolute Gasteiger partial charge is 0.267 e. The van der Waals surface area contributed by atoms with Crippen molar-refractivity contribution in [3.63, 3.8) is 0 Å². The molecule has 0 aliphatic heterocycles. The van der Waals surface area contributed by atoms with Crippen molar-refractivity contribution in [2.45, 2.75) is 18.1 Å². The number of aromatic nitrogens is 2. The first-order valence-corrected chi connectivity index (χ1v) is 6.49. The van der Waals surface area contributed by atoms with E-state index in [0.717, 1.165) is 0 Å². The van der Waals surface area contributed by atoms with Gasteiger partial charge in [0.1, 0.15) is 11.0 Å². The lowest BCUT2D eigenvalue weighted by Crippen LogP contribution is -2.18. The molecule has 2 rings (SSSR count). The molecule has 1 aromatic rings. The number of hydrogen-bond acceptors (Lipinski definition) is 4. The molecule has 1 aromatic heterocycles. The van der Waals surface area contributed by atoms with Crippen molar-refractivity contribution in [3.8, 4) is 0 Å². The van der Waals surface area contributed by atoms with E-state index in [-0.39, 0.29) is 21.5 Å². The predicted octanol–water partition coefficient (Wildman–Crippen LogP) is 1.69. The number of nitrogens with one attached hydrogen (secondary N) is 1. The van der Waals surface area contributed by atoms with E-state index in [1.165, 1.54) is 6.07 Å². The maximum absolute atomic E-state index is 11.5. The highest BCUT2D eigenvalue weighted by atomic mass is 35.5. The average molecular weight is 268 g/mol. The van der Waals surface area contributed by atoms with Crippen molar-refractivity contribution < 1.29 is 8.42 Å². The molecule has 1 saturated carbocycles. The van der Waals surface area contributed by atoms with Gasteiger partial charge in [-0.15, -0.1) is 0 Å². The number of nitrogens with zero attached hydrogens (tertiary/aromatic N) is 2. The second-order valence-corrected chi connectivity index (χ2v) is 5.88. The van der Waals surface area contributed by atoms with Gasteiger partial charge in [0.05, 0.1) is 5.25 Å². The lowest BCUT2D eigenvalue weighted by atomic mass is 10.6. The summed E-state index contributed by atoms with van der Waals surface area (Å²) in [5, 5.41) is -0.301. The van der Waals surface area contributed by atoms with Gasteiger partial charge in [-0.2, -0.15) is 4.98 Å². The fourth-order valence-corrected chi connectivity index (χ4v) is 2.78. The number of anilines is 1. The summed E-state index contributed by atoms with van der Waals surface area (Å²) in [6.45, 7) is 0. The number of hydrogen-bond donors (Lipinski definition) is 1. The van der Waals surface area contributed by atoms with Gasteiger partial charge in [0.25, 0.3) is 0 Å². The zero-order chi connectivity index (χ0) is 11.1. The van der Waals surface area contributed by atoms with Crippen LogP contribution in [0.25, 0.3) is 0 Å². The predicted molar refractivity (Wildman–Crippen MR) is 57.6 cm³/mol. The molecule has 0 atom stereocenters. The van der Waals surface area contributed by atoms with Crippen molar-refractivity contribution in [1.29, 1.82) is 0 Å². The van der Waals surface area contributed by atoms with Gasteiger partial charge in [-0.25, -0.2) is 13.4 Å². The van der Waals surface area contributed by atoms with E-state index in [2.05, 4.69) is 14.7 Å². The highest BCUT2D eigenvalue weighted by Gasteiger charge is 2.36. The van der Waals surface area contributed by atoms with E-state index in [9.17, 15) is 8.42 Å². The maximum atomic E-state index is 11.5. The monoisotopic (exact) mass is 267 g/mol. The van der Waals surface area contributed by atoms with Crippen LogP contribution < -0.4 is 4.72 Å². The minimum absolute atomic E-state index is 0.0870. The molecule has 82 valence electrons. The van der Waals surface area contributed by atoms with Crippen LogP contribution in [0.1, 0.15) is 12.8 Å². The first-order chi connectivity index (χ1) is 6.97. The van der Waals surface area contributed by atoms with Gasteiger partial charge >= 0.3 is 0 Å². The van der Waals surface area contributed by atoms with Crippen LogP contribution in [-0.2, 0) is 10.0 Å². The maximum Gasteiger partial charge on any atom is 0.236 e. The highest BCUT2D eigenvalue weighted by Crippen LogP contribution is 2.29. The number of sulfonamides is 1. The Hall–Kier alpha value is -0.590. The van der Waals surface area contributed by atoms with E-state index < -0.39 is 10.0 Å². The topological polar surface area (TPSA) is 72.0 Å². The summed E-state index contributed by atoms with van der Waals surface area (Å²) < 4.78 is 25.4. The first kappa shape index (κ1) is 10.9. The molecule has 1 heterocycles. The molecular weight excluding hydrogens is 261 g/mol. The van der Waals surface area contributed by atoms with Gasteiger partial charge in [-0.1, -0.05) is 11.6 Å². The lowest BCUT2D eigenvalue weighted by Gasteiger charge is -2.05. The number of halogens is 2. The standard InChI is InChI=1S/C7H7Cl2N3O2S/c8-5-3-6(11-7(9)10-5)12-15(13,14)4-1-2-4/h3-4H,1-2H2,(H,10,11,12). The second kappa shape index (κ2) is 3.77.